The summed E-state index contributed by atoms with van der Waals surface area (Å²) in [5, 5.41) is 7.56. The number of nitrogens with zero attached hydrogens (tertiary/aromatic N) is 3. The van der Waals surface area contributed by atoms with Crippen molar-refractivity contribution in [1.29, 1.82) is 0 Å². The molecule has 2 aromatic heterocycles. The molecule has 0 bridgehead atoms. The molecule has 106 valence electrons. The van der Waals surface area contributed by atoms with Crippen molar-refractivity contribution in [2.24, 2.45) is 0 Å². The van der Waals surface area contributed by atoms with Crippen molar-refractivity contribution in [3.8, 4) is 11.4 Å². The van der Waals surface area contributed by atoms with Gasteiger partial charge in [-0.05, 0) is 25.1 Å². The number of H-pyrrole nitrogens is 1. The fraction of sp³-hybridized carbons (Fsp3) is 0.133. The summed E-state index contributed by atoms with van der Waals surface area (Å²) in [5.74, 6) is 0.451. The number of rotatable bonds is 4. The smallest absolute Gasteiger partial charge is 0.209 e. The third kappa shape index (κ3) is 3.11. The van der Waals surface area contributed by atoms with Crippen LogP contribution in [0.5, 0.6) is 0 Å². The van der Waals surface area contributed by atoms with Crippen LogP contribution in [0.2, 0.25) is 0 Å². The fourth-order valence-corrected chi connectivity index (χ4v) is 2.83. The SMILES string of the molecule is C[C@H](Sc1n[nH]c(-c2cccnc2)n1)c1ccccc1F. The number of hydrogen-bond donors (Lipinski definition) is 1. The third-order valence-electron chi connectivity index (χ3n) is 3.03. The highest BCUT2D eigenvalue weighted by Gasteiger charge is 2.15. The van der Waals surface area contributed by atoms with E-state index in [1.54, 1.807) is 24.5 Å². The van der Waals surface area contributed by atoms with Crippen LogP contribution in [-0.2, 0) is 0 Å². The second kappa shape index (κ2) is 6.05. The van der Waals surface area contributed by atoms with E-state index in [9.17, 15) is 4.39 Å². The third-order valence-corrected chi connectivity index (χ3v) is 4.03. The summed E-state index contributed by atoms with van der Waals surface area (Å²) < 4.78 is 13.7. The number of pyridine rings is 1. The van der Waals surface area contributed by atoms with Gasteiger partial charge in [-0.15, -0.1) is 5.10 Å². The van der Waals surface area contributed by atoms with E-state index in [1.807, 2.05) is 25.1 Å². The van der Waals surface area contributed by atoms with Crippen molar-refractivity contribution < 1.29 is 4.39 Å². The van der Waals surface area contributed by atoms with Gasteiger partial charge in [0.05, 0.1) is 0 Å². The predicted molar refractivity (Wildman–Crippen MR) is 80.3 cm³/mol. The molecule has 1 N–H and O–H groups in total. The summed E-state index contributed by atoms with van der Waals surface area (Å²) in [6, 6.07) is 10.5. The molecule has 1 atom stereocenters. The molecule has 0 unspecified atom stereocenters. The van der Waals surface area contributed by atoms with Crippen molar-refractivity contribution in [1.82, 2.24) is 20.2 Å². The van der Waals surface area contributed by atoms with Gasteiger partial charge in [0.1, 0.15) is 5.82 Å². The van der Waals surface area contributed by atoms with Crippen LogP contribution in [0, 0.1) is 5.82 Å². The molecule has 4 nitrogen and oxygen atoms in total. The van der Waals surface area contributed by atoms with E-state index >= 15 is 0 Å². The number of aromatic amines is 1. The van der Waals surface area contributed by atoms with Gasteiger partial charge in [0.2, 0.25) is 5.16 Å². The Hall–Kier alpha value is -2.21. The summed E-state index contributed by atoms with van der Waals surface area (Å²) >= 11 is 1.41. The maximum absolute atomic E-state index is 13.7. The van der Waals surface area contributed by atoms with E-state index in [4.69, 9.17) is 0 Å². The van der Waals surface area contributed by atoms with Crippen molar-refractivity contribution in [3.63, 3.8) is 0 Å². The lowest BCUT2D eigenvalue weighted by molar-refractivity contribution is 0.611. The topological polar surface area (TPSA) is 54.5 Å². The summed E-state index contributed by atoms with van der Waals surface area (Å²) in [4.78, 5) is 8.46. The van der Waals surface area contributed by atoms with Crippen LogP contribution in [0.4, 0.5) is 4.39 Å². The number of benzene rings is 1. The van der Waals surface area contributed by atoms with Gasteiger partial charge in [0.25, 0.3) is 0 Å². The Morgan fingerprint density at radius 1 is 1.19 bits per heavy atom. The monoisotopic (exact) mass is 300 g/mol. The molecular formula is C15H13FN4S. The first-order valence-corrected chi connectivity index (χ1v) is 7.36. The Balaban J connectivity index is 1.77. The van der Waals surface area contributed by atoms with Crippen LogP contribution >= 0.6 is 11.8 Å². The van der Waals surface area contributed by atoms with E-state index < -0.39 is 0 Å². The van der Waals surface area contributed by atoms with Crippen LogP contribution < -0.4 is 0 Å². The van der Waals surface area contributed by atoms with Crippen LogP contribution in [0.25, 0.3) is 11.4 Å². The number of thioether (sulfide) groups is 1. The quantitative estimate of drug-likeness (QED) is 0.743. The Kier molecular flexibility index (Phi) is 3.96. The van der Waals surface area contributed by atoms with Crippen LogP contribution in [0.3, 0.4) is 0 Å². The number of hydrogen-bond acceptors (Lipinski definition) is 4. The number of halogens is 1. The maximum Gasteiger partial charge on any atom is 0.209 e. The summed E-state index contributed by atoms with van der Waals surface area (Å²) in [6.45, 7) is 1.93. The standard InChI is InChI=1S/C15H13FN4S/c1-10(12-6-2-3-7-13(12)16)21-15-18-14(19-20-15)11-5-4-8-17-9-11/h2-10H,1H3,(H,18,19,20)/t10-/m0/s1. The predicted octanol–water partition coefficient (Wildman–Crippen LogP) is 3.86. The minimum atomic E-state index is -0.208. The lowest BCUT2D eigenvalue weighted by atomic mass is 10.1. The van der Waals surface area contributed by atoms with Crippen molar-refractivity contribution in [2.45, 2.75) is 17.3 Å². The molecule has 0 radical (unpaired) electrons. The lowest BCUT2D eigenvalue weighted by Gasteiger charge is -2.09. The second-order valence-corrected chi connectivity index (χ2v) is 5.80. The normalized spacial score (nSPS) is 12.3. The molecule has 6 heteroatoms. The first-order chi connectivity index (χ1) is 10.2. The summed E-state index contributed by atoms with van der Waals surface area (Å²) in [6.07, 6.45) is 3.42. The molecule has 0 spiro atoms. The van der Waals surface area contributed by atoms with Crippen LogP contribution in [0.1, 0.15) is 17.7 Å². The molecule has 0 saturated heterocycles. The minimum absolute atomic E-state index is 0.0660. The fourth-order valence-electron chi connectivity index (χ4n) is 1.96. The van der Waals surface area contributed by atoms with Crippen molar-refractivity contribution in [2.75, 3.05) is 0 Å². The Bertz CT molecular complexity index is 729. The molecule has 0 fully saturated rings. The van der Waals surface area contributed by atoms with Gasteiger partial charge in [-0.1, -0.05) is 30.0 Å². The van der Waals surface area contributed by atoms with Crippen molar-refractivity contribution in [3.05, 3.63) is 60.2 Å². The van der Waals surface area contributed by atoms with Gasteiger partial charge in [-0.3, -0.25) is 10.1 Å². The highest BCUT2D eigenvalue weighted by Crippen LogP contribution is 2.34. The largest absolute Gasteiger partial charge is 0.264 e. The molecule has 0 aliphatic rings. The highest BCUT2D eigenvalue weighted by molar-refractivity contribution is 7.99. The van der Waals surface area contributed by atoms with E-state index in [0.29, 0.717) is 16.5 Å². The molecule has 1 aromatic carbocycles. The van der Waals surface area contributed by atoms with Gasteiger partial charge in [-0.25, -0.2) is 9.37 Å². The van der Waals surface area contributed by atoms with E-state index in [0.717, 1.165) is 5.56 Å². The first kappa shape index (κ1) is 13.8. The second-order valence-electron chi connectivity index (χ2n) is 4.49. The van der Waals surface area contributed by atoms with Gasteiger partial charge < -0.3 is 0 Å². The van der Waals surface area contributed by atoms with Gasteiger partial charge in [0, 0.05) is 28.8 Å². The summed E-state index contributed by atoms with van der Waals surface area (Å²) in [7, 11) is 0. The number of nitrogens with one attached hydrogen (secondary N) is 1. The number of aromatic nitrogens is 4. The Morgan fingerprint density at radius 2 is 2.05 bits per heavy atom. The van der Waals surface area contributed by atoms with Crippen LogP contribution in [-0.4, -0.2) is 20.2 Å². The molecule has 2 heterocycles. The van der Waals surface area contributed by atoms with Gasteiger partial charge >= 0.3 is 0 Å². The zero-order chi connectivity index (χ0) is 14.7. The van der Waals surface area contributed by atoms with Crippen molar-refractivity contribution >= 4 is 11.8 Å². The molecular weight excluding hydrogens is 287 g/mol. The Morgan fingerprint density at radius 3 is 2.81 bits per heavy atom. The maximum atomic E-state index is 13.7. The van der Waals surface area contributed by atoms with Crippen LogP contribution in [0.15, 0.2) is 53.9 Å². The minimum Gasteiger partial charge on any atom is -0.264 e. The Labute approximate surface area is 125 Å². The van der Waals surface area contributed by atoms with Gasteiger partial charge in [0.15, 0.2) is 5.82 Å². The average molecular weight is 300 g/mol. The summed E-state index contributed by atoms with van der Waals surface area (Å²) in [5.41, 5.74) is 1.52. The zero-order valence-corrected chi connectivity index (χ0v) is 12.1. The van der Waals surface area contributed by atoms with E-state index in [-0.39, 0.29) is 11.1 Å². The average Bonchev–Trinajstić information content (AvgIpc) is 2.97. The molecule has 0 aliphatic heterocycles. The first-order valence-electron chi connectivity index (χ1n) is 6.48. The van der Waals surface area contributed by atoms with E-state index in [2.05, 4.69) is 20.2 Å². The molecule has 3 rings (SSSR count). The highest BCUT2D eigenvalue weighted by atomic mass is 32.2. The van der Waals surface area contributed by atoms with E-state index in [1.165, 1.54) is 17.8 Å². The molecule has 3 aromatic rings. The molecule has 21 heavy (non-hydrogen) atoms. The molecule has 0 saturated carbocycles. The lowest BCUT2D eigenvalue weighted by Crippen LogP contribution is -1.93. The van der Waals surface area contributed by atoms with Gasteiger partial charge in [-0.2, -0.15) is 0 Å². The molecule has 0 amide bonds. The molecule has 0 aliphatic carbocycles. The zero-order valence-electron chi connectivity index (χ0n) is 11.3.